The zero-order chi connectivity index (χ0) is 20.1. The number of thioether (sulfide) groups is 1. The van der Waals surface area contributed by atoms with Crippen LogP contribution in [0.2, 0.25) is 0 Å². The summed E-state index contributed by atoms with van der Waals surface area (Å²) in [7, 11) is 0. The van der Waals surface area contributed by atoms with Gasteiger partial charge in [0.15, 0.2) is 0 Å². The van der Waals surface area contributed by atoms with Gasteiger partial charge in [-0.1, -0.05) is 19.1 Å². The van der Waals surface area contributed by atoms with Gasteiger partial charge in [0, 0.05) is 22.3 Å². The molecular formula is C21H22N2O4S. The summed E-state index contributed by atoms with van der Waals surface area (Å²) in [6, 6.07) is 14.1. The molecule has 0 radical (unpaired) electrons. The topological polar surface area (TPSA) is 75.7 Å². The number of anilines is 2. The molecule has 0 spiro atoms. The first-order valence-corrected chi connectivity index (χ1v) is 9.99. The number of esters is 1. The van der Waals surface area contributed by atoms with Crippen LogP contribution in [0.5, 0.6) is 0 Å². The van der Waals surface area contributed by atoms with E-state index < -0.39 is 5.97 Å². The molecule has 2 amide bonds. The number of rotatable bonds is 5. The van der Waals surface area contributed by atoms with Crippen LogP contribution in [-0.2, 0) is 14.3 Å². The Labute approximate surface area is 168 Å². The van der Waals surface area contributed by atoms with Crippen LogP contribution in [0.25, 0.3) is 0 Å². The van der Waals surface area contributed by atoms with Crippen LogP contribution in [0.15, 0.2) is 53.4 Å². The maximum absolute atomic E-state index is 12.6. The van der Waals surface area contributed by atoms with Crippen molar-refractivity contribution in [3.8, 4) is 0 Å². The number of benzene rings is 2. The van der Waals surface area contributed by atoms with Crippen molar-refractivity contribution in [2.45, 2.75) is 30.4 Å². The van der Waals surface area contributed by atoms with Crippen molar-refractivity contribution in [1.29, 1.82) is 0 Å². The number of nitrogens with zero attached hydrogens (tertiary/aromatic N) is 1. The molecule has 1 unspecified atom stereocenters. The van der Waals surface area contributed by atoms with Gasteiger partial charge >= 0.3 is 5.97 Å². The van der Waals surface area contributed by atoms with Crippen LogP contribution in [0.4, 0.5) is 11.4 Å². The Bertz CT molecular complexity index is 882. The first-order chi connectivity index (χ1) is 13.5. The minimum absolute atomic E-state index is 0.0667. The monoisotopic (exact) mass is 398 g/mol. The second kappa shape index (κ2) is 8.93. The Hall–Kier alpha value is -2.80. The summed E-state index contributed by atoms with van der Waals surface area (Å²) in [5.74, 6) is -0.775. The van der Waals surface area contributed by atoms with Crippen molar-refractivity contribution in [2.24, 2.45) is 0 Å². The molecule has 1 aliphatic heterocycles. The van der Waals surface area contributed by atoms with E-state index in [1.807, 2.05) is 31.2 Å². The molecule has 0 fully saturated rings. The number of ether oxygens (including phenoxy) is 1. The lowest BCUT2D eigenvalue weighted by Gasteiger charge is -2.22. The first-order valence-electron chi connectivity index (χ1n) is 9.11. The van der Waals surface area contributed by atoms with Crippen LogP contribution < -0.4 is 10.2 Å². The van der Waals surface area contributed by atoms with Crippen LogP contribution in [0, 0.1) is 0 Å². The average Bonchev–Trinajstić information content (AvgIpc) is 2.78. The summed E-state index contributed by atoms with van der Waals surface area (Å²) in [4.78, 5) is 39.4. The van der Waals surface area contributed by atoms with Crippen LogP contribution in [0.3, 0.4) is 0 Å². The second-order valence-corrected chi connectivity index (χ2v) is 7.91. The van der Waals surface area contributed by atoms with Gasteiger partial charge in [0.25, 0.3) is 0 Å². The number of carbonyl (C=O) groups is 3. The van der Waals surface area contributed by atoms with Crippen molar-refractivity contribution in [1.82, 2.24) is 0 Å². The molecule has 1 atom stereocenters. The third-order valence-electron chi connectivity index (χ3n) is 4.23. The zero-order valence-electron chi connectivity index (χ0n) is 15.8. The maximum Gasteiger partial charge on any atom is 0.338 e. The van der Waals surface area contributed by atoms with Crippen molar-refractivity contribution in [2.75, 3.05) is 23.4 Å². The second-order valence-electron chi connectivity index (χ2n) is 6.43. The Morgan fingerprint density at radius 2 is 1.89 bits per heavy atom. The minimum Gasteiger partial charge on any atom is -0.462 e. The smallest absolute Gasteiger partial charge is 0.338 e. The van der Waals surface area contributed by atoms with Crippen molar-refractivity contribution >= 4 is 40.9 Å². The van der Waals surface area contributed by atoms with E-state index in [0.717, 1.165) is 10.6 Å². The van der Waals surface area contributed by atoms with Gasteiger partial charge in [-0.05, 0) is 43.3 Å². The van der Waals surface area contributed by atoms with Crippen molar-refractivity contribution in [3.05, 3.63) is 54.1 Å². The average molecular weight is 398 g/mol. The Morgan fingerprint density at radius 1 is 1.18 bits per heavy atom. The van der Waals surface area contributed by atoms with E-state index in [1.54, 1.807) is 43.0 Å². The fourth-order valence-corrected chi connectivity index (χ4v) is 4.07. The number of fused-ring (bicyclic) bond motifs is 1. The standard InChI is InChI=1S/C21H22N2O4S/c1-3-27-21(26)15-8-10-16(11-9-15)22-19(24)13-23-17-6-4-5-7-18(17)28-14(2)12-20(23)25/h4-11,14H,3,12-13H2,1-2H3,(H,22,24). The summed E-state index contributed by atoms with van der Waals surface area (Å²) in [5, 5.41) is 2.93. The van der Waals surface area contributed by atoms with Gasteiger partial charge < -0.3 is 15.0 Å². The normalized spacial score (nSPS) is 16.1. The predicted octanol–water partition coefficient (Wildman–Crippen LogP) is 3.72. The molecular weight excluding hydrogens is 376 g/mol. The Kier molecular flexibility index (Phi) is 6.36. The molecule has 6 nitrogen and oxygen atoms in total. The quantitative estimate of drug-likeness (QED) is 0.777. The van der Waals surface area contributed by atoms with Gasteiger partial charge in [-0.3, -0.25) is 9.59 Å². The van der Waals surface area contributed by atoms with Gasteiger partial charge in [0.2, 0.25) is 11.8 Å². The van der Waals surface area contributed by atoms with Crippen molar-refractivity contribution < 1.29 is 19.1 Å². The molecule has 0 aliphatic carbocycles. The molecule has 2 aromatic rings. The Morgan fingerprint density at radius 3 is 2.61 bits per heavy atom. The molecule has 1 heterocycles. The summed E-state index contributed by atoms with van der Waals surface area (Å²) < 4.78 is 4.94. The molecule has 7 heteroatoms. The van der Waals surface area contributed by atoms with E-state index >= 15 is 0 Å². The molecule has 2 aromatic carbocycles. The van der Waals surface area contributed by atoms with E-state index in [1.165, 1.54) is 4.90 Å². The van der Waals surface area contributed by atoms with E-state index in [4.69, 9.17) is 4.74 Å². The Balaban J connectivity index is 1.70. The molecule has 0 saturated carbocycles. The molecule has 0 aromatic heterocycles. The van der Waals surface area contributed by atoms with Crippen LogP contribution in [0.1, 0.15) is 30.6 Å². The highest BCUT2D eigenvalue weighted by Crippen LogP contribution is 2.37. The minimum atomic E-state index is -0.404. The summed E-state index contributed by atoms with van der Waals surface area (Å²) >= 11 is 1.64. The molecule has 0 saturated heterocycles. The van der Waals surface area contributed by atoms with E-state index in [9.17, 15) is 14.4 Å². The number of para-hydroxylation sites is 1. The molecule has 1 aliphatic rings. The molecule has 1 N–H and O–H groups in total. The van der Waals surface area contributed by atoms with Gasteiger partial charge in [0.05, 0.1) is 17.9 Å². The van der Waals surface area contributed by atoms with Gasteiger partial charge in [-0.2, -0.15) is 0 Å². The SMILES string of the molecule is CCOC(=O)c1ccc(NC(=O)CN2C(=O)CC(C)Sc3ccccc32)cc1. The number of hydrogen-bond donors (Lipinski definition) is 1. The molecule has 146 valence electrons. The van der Waals surface area contributed by atoms with Crippen LogP contribution in [-0.4, -0.2) is 36.2 Å². The number of amides is 2. The van der Waals surface area contributed by atoms with E-state index in [-0.39, 0.29) is 23.6 Å². The van der Waals surface area contributed by atoms with Crippen molar-refractivity contribution in [3.63, 3.8) is 0 Å². The van der Waals surface area contributed by atoms with Gasteiger partial charge in [-0.15, -0.1) is 11.8 Å². The van der Waals surface area contributed by atoms with Crippen LogP contribution >= 0.6 is 11.8 Å². The molecule has 3 rings (SSSR count). The lowest BCUT2D eigenvalue weighted by Crippen LogP contribution is -2.38. The fraction of sp³-hybridized carbons (Fsp3) is 0.286. The van der Waals surface area contributed by atoms with E-state index in [2.05, 4.69) is 5.32 Å². The summed E-state index contributed by atoms with van der Waals surface area (Å²) in [6.07, 6.45) is 0.376. The van der Waals surface area contributed by atoms with E-state index in [0.29, 0.717) is 24.3 Å². The maximum atomic E-state index is 12.6. The highest BCUT2D eigenvalue weighted by molar-refractivity contribution is 8.00. The highest BCUT2D eigenvalue weighted by atomic mass is 32.2. The lowest BCUT2D eigenvalue weighted by atomic mass is 10.2. The fourth-order valence-electron chi connectivity index (χ4n) is 2.95. The molecule has 0 bridgehead atoms. The lowest BCUT2D eigenvalue weighted by molar-refractivity contribution is -0.121. The number of carbonyl (C=O) groups excluding carboxylic acids is 3. The number of nitrogens with one attached hydrogen (secondary N) is 1. The van der Waals surface area contributed by atoms with Gasteiger partial charge in [-0.25, -0.2) is 4.79 Å². The first kappa shape index (κ1) is 19.9. The number of hydrogen-bond acceptors (Lipinski definition) is 5. The third kappa shape index (κ3) is 4.72. The summed E-state index contributed by atoms with van der Waals surface area (Å²) in [5.41, 5.74) is 1.73. The van der Waals surface area contributed by atoms with Gasteiger partial charge in [0.1, 0.15) is 6.54 Å². The zero-order valence-corrected chi connectivity index (χ0v) is 16.6. The third-order valence-corrected chi connectivity index (χ3v) is 5.40. The predicted molar refractivity (Wildman–Crippen MR) is 110 cm³/mol. The largest absolute Gasteiger partial charge is 0.462 e. The summed E-state index contributed by atoms with van der Waals surface area (Å²) in [6.45, 7) is 3.99. The molecule has 28 heavy (non-hydrogen) atoms. The highest BCUT2D eigenvalue weighted by Gasteiger charge is 2.27.